The van der Waals surface area contributed by atoms with Gasteiger partial charge in [0.05, 0.1) is 31.0 Å². The molecule has 0 radical (unpaired) electrons. The minimum absolute atomic E-state index is 0.0107. The van der Waals surface area contributed by atoms with Crippen LogP contribution in [0.3, 0.4) is 0 Å². The lowest BCUT2D eigenvalue weighted by Gasteiger charge is -2.30. The van der Waals surface area contributed by atoms with Gasteiger partial charge in [0.2, 0.25) is 11.2 Å². The van der Waals surface area contributed by atoms with Crippen LogP contribution in [0.5, 0.6) is 5.75 Å². The number of benzene rings is 1. The highest BCUT2D eigenvalue weighted by Gasteiger charge is 2.33. The van der Waals surface area contributed by atoms with Crippen LogP contribution in [0.1, 0.15) is 42.1 Å². The van der Waals surface area contributed by atoms with Gasteiger partial charge in [-0.05, 0) is 31.7 Å². The number of rotatable bonds is 4. The summed E-state index contributed by atoms with van der Waals surface area (Å²) in [6.45, 7) is 0.612. The van der Waals surface area contributed by atoms with Crippen molar-refractivity contribution in [3.8, 4) is 5.75 Å². The highest BCUT2D eigenvalue weighted by molar-refractivity contribution is 5.98. The van der Waals surface area contributed by atoms with Crippen LogP contribution in [-0.2, 0) is 9.53 Å². The SMILES string of the molecule is COC(=O)C1CCN(C(=O)c2cn(C3CC3)c3c(OC)c(F)c(F)cc3c2=O)CC1. The fourth-order valence-electron chi connectivity index (χ4n) is 4.06. The zero-order chi connectivity index (χ0) is 21.6. The van der Waals surface area contributed by atoms with E-state index >= 15 is 0 Å². The van der Waals surface area contributed by atoms with Crippen LogP contribution in [0.4, 0.5) is 8.78 Å². The van der Waals surface area contributed by atoms with E-state index in [1.165, 1.54) is 25.3 Å². The van der Waals surface area contributed by atoms with Gasteiger partial charge >= 0.3 is 5.97 Å². The van der Waals surface area contributed by atoms with Crippen LogP contribution in [0.25, 0.3) is 10.9 Å². The Balaban J connectivity index is 1.76. The summed E-state index contributed by atoms with van der Waals surface area (Å²) >= 11 is 0. The first kappa shape index (κ1) is 20.3. The average Bonchev–Trinajstić information content (AvgIpc) is 3.60. The third-order valence-electron chi connectivity index (χ3n) is 5.86. The highest BCUT2D eigenvalue weighted by Crippen LogP contribution is 2.40. The minimum Gasteiger partial charge on any atom is -0.491 e. The Labute approximate surface area is 171 Å². The van der Waals surface area contributed by atoms with Crippen LogP contribution in [-0.4, -0.2) is 48.7 Å². The number of carbonyl (C=O) groups is 2. The molecule has 9 heteroatoms. The number of pyridine rings is 1. The Morgan fingerprint density at radius 2 is 1.77 bits per heavy atom. The minimum atomic E-state index is -1.21. The summed E-state index contributed by atoms with van der Waals surface area (Å²) in [5, 5.41) is -0.0899. The van der Waals surface area contributed by atoms with Gasteiger partial charge in [0.15, 0.2) is 11.6 Å². The topological polar surface area (TPSA) is 77.8 Å². The van der Waals surface area contributed by atoms with E-state index in [2.05, 4.69) is 0 Å². The number of halogens is 2. The van der Waals surface area contributed by atoms with Gasteiger partial charge in [-0.25, -0.2) is 4.39 Å². The van der Waals surface area contributed by atoms with Gasteiger partial charge in [0.25, 0.3) is 5.91 Å². The van der Waals surface area contributed by atoms with Crippen LogP contribution in [0.15, 0.2) is 17.1 Å². The van der Waals surface area contributed by atoms with E-state index in [0.717, 1.165) is 18.9 Å². The molecule has 2 heterocycles. The van der Waals surface area contributed by atoms with Crippen LogP contribution in [0, 0.1) is 17.6 Å². The highest BCUT2D eigenvalue weighted by atomic mass is 19.2. The smallest absolute Gasteiger partial charge is 0.308 e. The average molecular weight is 420 g/mol. The standard InChI is InChI=1S/C21H22F2N2O5/c1-29-19-16(23)15(22)9-13-17(19)25(12-3-4-12)10-14(18(13)26)20(27)24-7-5-11(6-8-24)21(28)30-2/h9-12H,3-8H2,1-2H3. The molecule has 1 saturated heterocycles. The Kier molecular flexibility index (Phi) is 5.21. The molecule has 0 atom stereocenters. The molecule has 2 aromatic rings. The summed E-state index contributed by atoms with van der Waals surface area (Å²) in [5.41, 5.74) is -0.608. The zero-order valence-electron chi connectivity index (χ0n) is 16.7. The van der Waals surface area contributed by atoms with E-state index in [-0.39, 0.29) is 40.1 Å². The largest absolute Gasteiger partial charge is 0.491 e. The summed E-state index contributed by atoms with van der Waals surface area (Å²) in [7, 11) is 2.54. The van der Waals surface area contributed by atoms with Crippen molar-refractivity contribution < 1.29 is 27.8 Å². The number of hydrogen-bond donors (Lipinski definition) is 0. The number of amides is 1. The molecule has 0 spiro atoms. The van der Waals surface area contributed by atoms with E-state index in [1.807, 2.05) is 0 Å². The molecular weight excluding hydrogens is 398 g/mol. The molecule has 7 nitrogen and oxygen atoms in total. The van der Waals surface area contributed by atoms with Gasteiger partial charge < -0.3 is 18.9 Å². The number of hydrogen-bond acceptors (Lipinski definition) is 5. The lowest BCUT2D eigenvalue weighted by Crippen LogP contribution is -2.42. The van der Waals surface area contributed by atoms with E-state index in [1.54, 1.807) is 4.57 Å². The molecule has 1 aliphatic heterocycles. The van der Waals surface area contributed by atoms with Crippen molar-refractivity contribution in [1.82, 2.24) is 9.47 Å². The summed E-state index contributed by atoms with van der Waals surface area (Å²) in [4.78, 5) is 39.4. The van der Waals surface area contributed by atoms with Gasteiger partial charge in [-0.15, -0.1) is 0 Å². The molecule has 0 unspecified atom stereocenters. The van der Waals surface area contributed by atoms with Crippen molar-refractivity contribution in [3.05, 3.63) is 39.7 Å². The van der Waals surface area contributed by atoms with Crippen molar-refractivity contribution in [3.63, 3.8) is 0 Å². The second-order valence-electron chi connectivity index (χ2n) is 7.70. The molecule has 0 N–H and O–H groups in total. The maximum absolute atomic E-state index is 14.3. The summed E-state index contributed by atoms with van der Waals surface area (Å²) in [6, 6.07) is 0.817. The Morgan fingerprint density at radius 3 is 2.33 bits per heavy atom. The number of ether oxygens (including phenoxy) is 2. The maximum Gasteiger partial charge on any atom is 0.308 e. The number of piperidine rings is 1. The lowest BCUT2D eigenvalue weighted by atomic mass is 9.96. The van der Waals surface area contributed by atoms with Crippen LogP contribution in [0.2, 0.25) is 0 Å². The number of nitrogens with zero attached hydrogens (tertiary/aromatic N) is 2. The first-order chi connectivity index (χ1) is 14.4. The molecule has 4 rings (SSSR count). The molecule has 1 saturated carbocycles. The molecule has 1 aromatic heterocycles. The molecule has 1 amide bonds. The molecule has 160 valence electrons. The monoisotopic (exact) mass is 420 g/mol. The summed E-state index contributed by atoms with van der Waals surface area (Å²) < 4.78 is 39.9. The van der Waals surface area contributed by atoms with Crippen molar-refractivity contribution in [2.24, 2.45) is 5.92 Å². The van der Waals surface area contributed by atoms with E-state index in [0.29, 0.717) is 25.9 Å². The fourth-order valence-corrected chi connectivity index (χ4v) is 4.06. The summed E-state index contributed by atoms with van der Waals surface area (Å²) in [5.74, 6) is -3.78. The van der Waals surface area contributed by atoms with Crippen molar-refractivity contribution in [1.29, 1.82) is 0 Å². The predicted octanol–water partition coefficient (Wildman–Crippen LogP) is 2.65. The summed E-state index contributed by atoms with van der Waals surface area (Å²) in [6.07, 6.45) is 3.92. The lowest BCUT2D eigenvalue weighted by molar-refractivity contribution is -0.146. The van der Waals surface area contributed by atoms with Gasteiger partial charge in [-0.1, -0.05) is 0 Å². The number of esters is 1. The first-order valence-electron chi connectivity index (χ1n) is 9.85. The Morgan fingerprint density at radius 1 is 1.10 bits per heavy atom. The number of aromatic nitrogens is 1. The molecule has 2 aliphatic rings. The molecule has 1 aliphatic carbocycles. The normalized spacial score (nSPS) is 17.3. The maximum atomic E-state index is 14.3. The second kappa shape index (κ2) is 7.70. The Bertz CT molecular complexity index is 1090. The van der Waals surface area contributed by atoms with E-state index in [4.69, 9.17) is 9.47 Å². The van der Waals surface area contributed by atoms with E-state index in [9.17, 15) is 23.2 Å². The molecule has 30 heavy (non-hydrogen) atoms. The van der Waals surface area contributed by atoms with E-state index < -0.39 is 23.0 Å². The third-order valence-corrected chi connectivity index (χ3v) is 5.86. The second-order valence-corrected chi connectivity index (χ2v) is 7.70. The van der Waals surface area contributed by atoms with Gasteiger partial charge in [-0.2, -0.15) is 4.39 Å². The fraction of sp³-hybridized carbons (Fsp3) is 0.476. The molecular formula is C21H22F2N2O5. The first-order valence-corrected chi connectivity index (χ1v) is 9.85. The van der Waals surface area contributed by atoms with Gasteiger partial charge in [0.1, 0.15) is 5.56 Å². The van der Waals surface area contributed by atoms with Crippen molar-refractivity contribution in [2.45, 2.75) is 31.7 Å². The number of carbonyl (C=O) groups excluding carboxylic acids is 2. The number of methoxy groups -OCH3 is 2. The van der Waals surface area contributed by atoms with Crippen molar-refractivity contribution >= 4 is 22.8 Å². The molecule has 1 aromatic carbocycles. The molecule has 2 fully saturated rings. The zero-order valence-corrected chi connectivity index (χ0v) is 16.7. The Hall–Kier alpha value is -2.97. The van der Waals surface area contributed by atoms with Gasteiger partial charge in [-0.3, -0.25) is 14.4 Å². The predicted molar refractivity (Wildman–Crippen MR) is 104 cm³/mol. The number of fused-ring (bicyclic) bond motifs is 1. The van der Waals surface area contributed by atoms with Crippen molar-refractivity contribution in [2.75, 3.05) is 27.3 Å². The third kappa shape index (κ3) is 3.32. The van der Waals surface area contributed by atoms with Crippen LogP contribution < -0.4 is 10.2 Å². The number of likely N-dealkylation sites (tertiary alicyclic amines) is 1. The van der Waals surface area contributed by atoms with Crippen LogP contribution >= 0.6 is 0 Å². The molecule has 0 bridgehead atoms. The quantitative estimate of drug-likeness (QED) is 0.711. The van der Waals surface area contributed by atoms with Gasteiger partial charge in [0, 0.05) is 25.3 Å².